The lowest BCUT2D eigenvalue weighted by Crippen LogP contribution is -2.08. The van der Waals surface area contributed by atoms with Crippen LogP contribution in [0.5, 0.6) is 0 Å². The van der Waals surface area contributed by atoms with Gasteiger partial charge in [-0.3, -0.25) is 9.05 Å². The topological polar surface area (TPSA) is 55.8 Å². The van der Waals surface area contributed by atoms with Crippen LogP contribution in [0.3, 0.4) is 0 Å². The summed E-state index contributed by atoms with van der Waals surface area (Å²) in [6.07, 6.45) is 4.57. The molecule has 0 heterocycles. The molecule has 0 spiro atoms. The first-order valence-electron chi connectivity index (χ1n) is 8.81. The minimum atomic E-state index is -4.20. The highest BCUT2D eigenvalue weighted by molar-refractivity contribution is 7.47. The van der Waals surface area contributed by atoms with Gasteiger partial charge in [-0.2, -0.15) is 0 Å². The Morgan fingerprint density at radius 2 is 1.22 bits per heavy atom. The Morgan fingerprint density at radius 3 is 1.57 bits per heavy atom. The van der Waals surface area contributed by atoms with Crippen LogP contribution in [-0.4, -0.2) is 30.5 Å². The lowest BCUT2D eigenvalue weighted by atomic mass is 10.1. The van der Waals surface area contributed by atoms with Crippen molar-refractivity contribution in [3.8, 4) is 0 Å². The number of phosphoric ester groups is 1. The summed E-state index contributed by atoms with van der Waals surface area (Å²) in [7, 11) is -4.20. The van der Waals surface area contributed by atoms with Gasteiger partial charge in [-0.1, -0.05) is 52.4 Å². The number of unbranched alkanes of at least 4 members (excludes halogenated alkanes) is 4. The molecular weight excluding hydrogens is 325 g/mol. The number of rotatable bonds is 16. The molecule has 0 saturated carbocycles. The van der Waals surface area contributed by atoms with Crippen LogP contribution >= 0.6 is 7.82 Å². The second-order valence-electron chi connectivity index (χ2n) is 5.90. The molecule has 2 unspecified atom stereocenters. The molecule has 0 aromatic carbocycles. The van der Waals surface area contributed by atoms with Crippen LogP contribution in [0.1, 0.15) is 78.1 Å². The van der Waals surface area contributed by atoms with E-state index in [9.17, 15) is 18.2 Å². The summed E-state index contributed by atoms with van der Waals surface area (Å²) in [6, 6.07) is 0. The van der Waals surface area contributed by atoms with E-state index in [1.54, 1.807) is 0 Å². The first-order chi connectivity index (χ1) is 10.9. The van der Waals surface area contributed by atoms with Crippen LogP contribution in [0.15, 0.2) is 0 Å². The van der Waals surface area contributed by atoms with Gasteiger partial charge in [0.15, 0.2) is 0 Å². The van der Waals surface area contributed by atoms with Crippen LogP contribution in [0.25, 0.3) is 0 Å². The van der Waals surface area contributed by atoms with Gasteiger partial charge in [0.05, 0.1) is 13.2 Å². The molecule has 0 amide bonds. The third-order valence-corrected chi connectivity index (χ3v) is 4.63. The van der Waals surface area contributed by atoms with Crippen molar-refractivity contribution in [1.82, 2.24) is 0 Å². The quantitative estimate of drug-likeness (QED) is 0.282. The summed E-state index contributed by atoms with van der Waals surface area (Å²) >= 11 is 0. The fraction of sp³-hybridized carbons (Fsp3) is 1.00. The highest BCUT2D eigenvalue weighted by Crippen LogP contribution is 2.43. The highest BCUT2D eigenvalue weighted by atomic mass is 31.2. The van der Waals surface area contributed by atoms with Gasteiger partial charge in [0, 0.05) is 12.8 Å². The molecular formula is C16H33F2O4P. The number of hydrogen-bond acceptors (Lipinski definition) is 3. The highest BCUT2D eigenvalue weighted by Gasteiger charge is 2.22. The van der Waals surface area contributed by atoms with Crippen molar-refractivity contribution in [3.63, 3.8) is 0 Å². The third kappa shape index (κ3) is 15.2. The average Bonchev–Trinajstić information content (AvgIpc) is 2.47. The molecule has 0 aliphatic rings. The molecule has 0 aromatic rings. The van der Waals surface area contributed by atoms with Gasteiger partial charge in [0.2, 0.25) is 0 Å². The molecule has 0 saturated heterocycles. The minimum absolute atomic E-state index is 0.0698. The van der Waals surface area contributed by atoms with Crippen LogP contribution in [-0.2, 0) is 13.6 Å². The molecule has 0 bridgehead atoms. The Hall–Kier alpha value is -0.0300. The van der Waals surface area contributed by atoms with Gasteiger partial charge in [0.1, 0.15) is 12.3 Å². The number of phosphoric acid groups is 1. The Morgan fingerprint density at radius 1 is 0.826 bits per heavy atom. The number of alkyl halides is 2. The maximum absolute atomic E-state index is 13.5. The van der Waals surface area contributed by atoms with Gasteiger partial charge in [0.25, 0.3) is 0 Å². The molecule has 0 aliphatic heterocycles. The molecule has 0 aromatic heterocycles. The van der Waals surface area contributed by atoms with Crippen molar-refractivity contribution in [3.05, 3.63) is 0 Å². The van der Waals surface area contributed by atoms with Gasteiger partial charge < -0.3 is 4.89 Å². The van der Waals surface area contributed by atoms with Crippen molar-refractivity contribution >= 4 is 7.82 Å². The maximum Gasteiger partial charge on any atom is 0.472 e. The van der Waals surface area contributed by atoms with Crippen molar-refractivity contribution in [1.29, 1.82) is 0 Å². The molecule has 0 aliphatic carbocycles. The van der Waals surface area contributed by atoms with Gasteiger partial charge in [-0.25, -0.2) is 13.3 Å². The summed E-state index contributed by atoms with van der Waals surface area (Å²) < 4.78 is 47.9. The van der Waals surface area contributed by atoms with Crippen molar-refractivity contribution < 1.29 is 27.3 Å². The van der Waals surface area contributed by atoms with Crippen molar-refractivity contribution in [2.75, 3.05) is 13.2 Å². The van der Waals surface area contributed by atoms with Gasteiger partial charge >= 0.3 is 7.82 Å². The van der Waals surface area contributed by atoms with Crippen LogP contribution < -0.4 is 0 Å². The zero-order valence-electron chi connectivity index (χ0n) is 14.5. The van der Waals surface area contributed by atoms with E-state index in [1.807, 2.05) is 13.8 Å². The van der Waals surface area contributed by atoms with E-state index in [-0.39, 0.29) is 26.1 Å². The molecule has 4 nitrogen and oxygen atoms in total. The molecule has 0 fully saturated rings. The Bertz CT molecular complexity index is 292. The summed E-state index contributed by atoms with van der Waals surface area (Å²) in [5.41, 5.74) is 0. The van der Waals surface area contributed by atoms with E-state index in [4.69, 9.17) is 9.05 Å². The van der Waals surface area contributed by atoms with Crippen LogP contribution in [0, 0.1) is 0 Å². The van der Waals surface area contributed by atoms with Gasteiger partial charge in [-0.15, -0.1) is 0 Å². The SMILES string of the molecule is CCCCCC(F)CCOP(=O)(O)OCCC(F)CCCCC. The van der Waals surface area contributed by atoms with Crippen molar-refractivity contribution in [2.24, 2.45) is 0 Å². The third-order valence-electron chi connectivity index (χ3n) is 3.61. The van der Waals surface area contributed by atoms with E-state index in [1.165, 1.54) is 0 Å². The molecule has 23 heavy (non-hydrogen) atoms. The Kier molecular flexibility index (Phi) is 14.3. The Balaban J connectivity index is 3.69. The Labute approximate surface area is 139 Å². The molecule has 0 rings (SSSR count). The molecule has 7 heteroatoms. The summed E-state index contributed by atoms with van der Waals surface area (Å²) in [4.78, 5) is 9.43. The van der Waals surface area contributed by atoms with Crippen LogP contribution in [0.4, 0.5) is 8.78 Å². The number of hydrogen-bond donors (Lipinski definition) is 1. The maximum atomic E-state index is 13.5. The van der Waals surface area contributed by atoms with Gasteiger partial charge in [-0.05, 0) is 12.8 Å². The summed E-state index contributed by atoms with van der Waals surface area (Å²) in [6.45, 7) is 3.75. The monoisotopic (exact) mass is 358 g/mol. The first kappa shape index (κ1) is 23.0. The molecule has 1 N–H and O–H groups in total. The van der Waals surface area contributed by atoms with Crippen LogP contribution in [0.2, 0.25) is 0 Å². The average molecular weight is 358 g/mol. The van der Waals surface area contributed by atoms with Crippen molar-refractivity contribution in [2.45, 2.75) is 90.4 Å². The van der Waals surface area contributed by atoms with E-state index in [0.717, 1.165) is 38.5 Å². The van der Waals surface area contributed by atoms with E-state index >= 15 is 0 Å². The second-order valence-corrected chi connectivity index (χ2v) is 7.35. The predicted octanol–water partition coefficient (Wildman–Crippen LogP) is 5.74. The molecule has 0 radical (unpaired) electrons. The fourth-order valence-electron chi connectivity index (χ4n) is 2.15. The lowest BCUT2D eigenvalue weighted by Gasteiger charge is -2.14. The summed E-state index contributed by atoms with van der Waals surface area (Å²) in [5, 5.41) is 0. The van der Waals surface area contributed by atoms with E-state index in [2.05, 4.69) is 0 Å². The zero-order valence-corrected chi connectivity index (χ0v) is 15.4. The fourth-order valence-corrected chi connectivity index (χ4v) is 2.90. The van der Waals surface area contributed by atoms with E-state index in [0.29, 0.717) is 12.8 Å². The second kappa shape index (κ2) is 14.3. The molecule has 2 atom stereocenters. The first-order valence-corrected chi connectivity index (χ1v) is 10.3. The lowest BCUT2D eigenvalue weighted by molar-refractivity contribution is 0.124. The summed E-state index contributed by atoms with van der Waals surface area (Å²) in [5.74, 6) is 0. The van der Waals surface area contributed by atoms with E-state index < -0.39 is 20.2 Å². The molecule has 140 valence electrons. The largest absolute Gasteiger partial charge is 0.472 e. The standard InChI is InChI=1S/C16H33F2O4P/c1-3-5-7-9-15(17)11-13-21-23(19,20)22-14-12-16(18)10-8-6-4-2/h15-16H,3-14H2,1-2H3,(H,19,20). The normalized spacial score (nSPS) is 16.9. The minimum Gasteiger partial charge on any atom is -0.302 e. The predicted molar refractivity (Wildman–Crippen MR) is 89.0 cm³/mol. The smallest absolute Gasteiger partial charge is 0.302 e. The number of halogens is 2. The zero-order chi connectivity index (χ0) is 17.6.